The molecule has 1 N–H and O–H groups in total. The zero-order valence-electron chi connectivity index (χ0n) is 15.6. The summed E-state index contributed by atoms with van der Waals surface area (Å²) in [5.74, 6) is 2.43. The first kappa shape index (κ1) is 17.9. The van der Waals surface area contributed by atoms with Gasteiger partial charge in [-0.3, -0.25) is 4.79 Å². The molecule has 5 fully saturated rings. The molecule has 6 rings (SSSR count). The van der Waals surface area contributed by atoms with Crippen LogP contribution in [0.25, 0.3) is 0 Å². The molecule has 0 aliphatic heterocycles. The lowest BCUT2D eigenvalue weighted by Crippen LogP contribution is -2.57. The van der Waals surface area contributed by atoms with Gasteiger partial charge in [-0.25, -0.2) is 8.78 Å². The second kappa shape index (κ2) is 6.16. The molecule has 1 heterocycles. The number of alkyl halides is 2. The number of hydrogen-bond acceptors (Lipinski definition) is 2. The van der Waals surface area contributed by atoms with Crippen LogP contribution in [0, 0.1) is 36.0 Å². The Bertz CT molecular complexity index is 738. The lowest BCUT2D eigenvalue weighted by molar-refractivity contribution is -0.0761. The molecular weight excluding hydrogens is 372 g/mol. The van der Waals surface area contributed by atoms with E-state index in [0.29, 0.717) is 5.92 Å². The van der Waals surface area contributed by atoms with Crippen molar-refractivity contribution >= 4 is 17.7 Å². The molecule has 0 saturated heterocycles. The highest BCUT2D eigenvalue weighted by Crippen LogP contribution is 2.63. The summed E-state index contributed by atoms with van der Waals surface area (Å²) < 4.78 is 27.6. The molecule has 5 aliphatic rings. The van der Waals surface area contributed by atoms with Gasteiger partial charge in [-0.15, -0.1) is 0 Å². The quantitative estimate of drug-likeness (QED) is 0.771. The normalized spacial score (nSPS) is 35.7. The molecule has 5 aliphatic carbocycles. The first-order valence-corrected chi connectivity index (χ1v) is 10.5. The molecular formula is C20H26ClF2N3O. The summed E-state index contributed by atoms with van der Waals surface area (Å²) in [7, 11) is 0. The summed E-state index contributed by atoms with van der Waals surface area (Å²) in [6.45, 7) is 1.57. The topological polar surface area (TPSA) is 46.9 Å². The van der Waals surface area contributed by atoms with E-state index in [-0.39, 0.29) is 22.7 Å². The van der Waals surface area contributed by atoms with E-state index < -0.39 is 18.0 Å². The van der Waals surface area contributed by atoms with Gasteiger partial charge in [-0.2, -0.15) is 9.30 Å². The van der Waals surface area contributed by atoms with Crippen molar-refractivity contribution < 1.29 is 13.6 Å². The number of nitrogens with zero attached hydrogens (tertiary/aromatic N) is 2. The molecule has 4 bridgehead atoms. The van der Waals surface area contributed by atoms with E-state index in [1.807, 2.05) is 0 Å². The largest absolute Gasteiger partial charge is 0.348 e. The van der Waals surface area contributed by atoms with Crippen molar-refractivity contribution in [3.63, 3.8) is 0 Å². The predicted octanol–water partition coefficient (Wildman–Crippen LogP) is 4.86. The van der Waals surface area contributed by atoms with Crippen molar-refractivity contribution in [2.24, 2.45) is 29.1 Å². The molecule has 4 nitrogen and oxygen atoms in total. The molecule has 1 amide bonds. The standard InChI is InChI=1S/C20H26ClF2N3O/c1-10-15(16(18(22)23)25-26(10)21)19(27)24-17(14-2-3-14)20-7-11-4-12(8-20)6-13(5-11)9-20/h11-14,17-18H,2-9H2,1H3,(H,24,27). The number of rotatable bonds is 5. The SMILES string of the molecule is Cc1c(C(=O)NC(C2CC2)C23CC4CC(CC(C4)C2)C3)c(C(F)F)nn1Cl. The maximum Gasteiger partial charge on any atom is 0.283 e. The first-order chi connectivity index (χ1) is 12.9. The number of amides is 1. The van der Waals surface area contributed by atoms with Crippen molar-refractivity contribution in [2.45, 2.75) is 70.8 Å². The Kier molecular flexibility index (Phi) is 4.09. The minimum Gasteiger partial charge on any atom is -0.348 e. The zero-order chi connectivity index (χ0) is 18.9. The minimum absolute atomic E-state index is 0.0459. The molecule has 27 heavy (non-hydrogen) atoms. The van der Waals surface area contributed by atoms with Crippen LogP contribution >= 0.6 is 11.8 Å². The summed E-state index contributed by atoms with van der Waals surface area (Å²) in [6.07, 6.45) is 7.05. The molecule has 1 unspecified atom stereocenters. The van der Waals surface area contributed by atoms with E-state index in [1.54, 1.807) is 6.92 Å². The van der Waals surface area contributed by atoms with Crippen LogP contribution < -0.4 is 5.32 Å². The molecule has 1 atom stereocenters. The highest BCUT2D eigenvalue weighted by Gasteiger charge is 2.57. The number of carbonyl (C=O) groups is 1. The van der Waals surface area contributed by atoms with Crippen LogP contribution in [0.1, 0.15) is 79.5 Å². The minimum atomic E-state index is -2.82. The molecule has 0 aromatic carbocycles. The molecule has 1 aromatic heterocycles. The van der Waals surface area contributed by atoms with Crippen molar-refractivity contribution in [1.82, 2.24) is 14.6 Å². The van der Waals surface area contributed by atoms with Gasteiger partial charge in [-0.1, -0.05) is 0 Å². The van der Waals surface area contributed by atoms with Gasteiger partial charge in [0.25, 0.3) is 12.3 Å². The van der Waals surface area contributed by atoms with Crippen molar-refractivity contribution in [1.29, 1.82) is 0 Å². The summed E-state index contributed by atoms with van der Waals surface area (Å²) in [5, 5.41) is 6.88. The van der Waals surface area contributed by atoms with Crippen molar-refractivity contribution in [3.8, 4) is 0 Å². The Hall–Kier alpha value is -1.17. The zero-order valence-corrected chi connectivity index (χ0v) is 16.3. The highest BCUT2D eigenvalue weighted by molar-refractivity contribution is 6.15. The predicted molar refractivity (Wildman–Crippen MR) is 97.8 cm³/mol. The summed E-state index contributed by atoms with van der Waals surface area (Å²) in [4.78, 5) is 13.1. The van der Waals surface area contributed by atoms with E-state index in [4.69, 9.17) is 11.8 Å². The van der Waals surface area contributed by atoms with Crippen LogP contribution in [0.15, 0.2) is 0 Å². The lowest BCUT2D eigenvalue weighted by Gasteiger charge is -2.59. The van der Waals surface area contributed by atoms with Gasteiger partial charge >= 0.3 is 0 Å². The monoisotopic (exact) mass is 397 g/mol. The van der Waals surface area contributed by atoms with Crippen LogP contribution in [0.3, 0.4) is 0 Å². The lowest BCUT2D eigenvalue weighted by atomic mass is 9.47. The van der Waals surface area contributed by atoms with E-state index in [9.17, 15) is 13.6 Å². The fraction of sp³-hybridized carbons (Fsp3) is 0.800. The van der Waals surface area contributed by atoms with E-state index in [1.165, 1.54) is 38.5 Å². The Balaban J connectivity index is 1.44. The average molecular weight is 398 g/mol. The summed E-state index contributed by atoms with van der Waals surface area (Å²) >= 11 is 5.88. The fourth-order valence-electron chi connectivity index (χ4n) is 6.90. The molecule has 7 heteroatoms. The van der Waals surface area contributed by atoms with Crippen LogP contribution in [-0.2, 0) is 0 Å². The number of halogens is 3. The summed E-state index contributed by atoms with van der Waals surface area (Å²) in [6, 6.07) is 0.0991. The molecule has 0 radical (unpaired) electrons. The third-order valence-electron chi connectivity index (χ3n) is 7.65. The number of nitrogens with one attached hydrogen (secondary N) is 1. The highest BCUT2D eigenvalue weighted by atomic mass is 35.5. The van der Waals surface area contributed by atoms with Crippen molar-refractivity contribution in [3.05, 3.63) is 17.0 Å². The van der Waals surface area contributed by atoms with Crippen LogP contribution in [-0.4, -0.2) is 21.2 Å². The molecule has 1 aromatic rings. The van der Waals surface area contributed by atoms with Gasteiger partial charge in [0.2, 0.25) is 0 Å². The van der Waals surface area contributed by atoms with Crippen molar-refractivity contribution in [2.75, 3.05) is 0 Å². The number of aromatic nitrogens is 2. The summed E-state index contributed by atoms with van der Waals surface area (Å²) in [5.41, 5.74) is -0.110. The van der Waals surface area contributed by atoms with Gasteiger partial charge in [0, 0.05) is 17.8 Å². The first-order valence-electron chi connectivity index (χ1n) is 10.2. The second-order valence-electron chi connectivity index (χ2n) is 9.57. The molecule has 5 saturated carbocycles. The average Bonchev–Trinajstić information content (AvgIpc) is 3.37. The smallest absolute Gasteiger partial charge is 0.283 e. The van der Waals surface area contributed by atoms with E-state index in [0.717, 1.165) is 34.8 Å². The van der Waals surface area contributed by atoms with Crippen LogP contribution in [0.5, 0.6) is 0 Å². The van der Waals surface area contributed by atoms with E-state index >= 15 is 0 Å². The maximum atomic E-state index is 13.4. The number of carbonyl (C=O) groups excluding carboxylic acids is 1. The Morgan fingerprint density at radius 2 is 1.74 bits per heavy atom. The van der Waals surface area contributed by atoms with Crippen LogP contribution in [0.2, 0.25) is 0 Å². The van der Waals surface area contributed by atoms with Gasteiger partial charge in [0.1, 0.15) is 5.69 Å². The van der Waals surface area contributed by atoms with E-state index in [2.05, 4.69) is 10.4 Å². The fourth-order valence-corrected chi connectivity index (χ4v) is 7.07. The van der Waals surface area contributed by atoms with Gasteiger partial charge in [-0.05, 0) is 87.4 Å². The van der Waals surface area contributed by atoms with Crippen LogP contribution in [0.4, 0.5) is 8.78 Å². The maximum absolute atomic E-state index is 13.4. The van der Waals surface area contributed by atoms with Gasteiger partial charge < -0.3 is 5.32 Å². The van der Waals surface area contributed by atoms with Gasteiger partial charge in [0.05, 0.1) is 11.3 Å². The number of hydrogen-bond donors (Lipinski definition) is 1. The molecule has 0 spiro atoms. The van der Waals surface area contributed by atoms with Gasteiger partial charge in [0.15, 0.2) is 0 Å². The second-order valence-corrected chi connectivity index (χ2v) is 9.90. The third kappa shape index (κ3) is 2.90. The third-order valence-corrected chi connectivity index (χ3v) is 7.98. The molecule has 148 valence electrons. The Morgan fingerprint density at radius 3 is 2.22 bits per heavy atom. The Labute approximate surface area is 163 Å². The Morgan fingerprint density at radius 1 is 1.19 bits per heavy atom.